The van der Waals surface area contributed by atoms with E-state index in [0.29, 0.717) is 6.04 Å². The van der Waals surface area contributed by atoms with Gasteiger partial charge in [-0.1, -0.05) is 0 Å². The molecule has 0 amide bonds. The van der Waals surface area contributed by atoms with Crippen molar-refractivity contribution in [2.45, 2.75) is 12.5 Å². The summed E-state index contributed by atoms with van der Waals surface area (Å²) in [4.78, 5) is 5.40. The zero-order valence-corrected chi connectivity index (χ0v) is 6.13. The number of hydrogen-bond donors (Lipinski definition) is 1. The summed E-state index contributed by atoms with van der Waals surface area (Å²) >= 11 is 0. The lowest BCUT2D eigenvalue weighted by Crippen LogP contribution is -2.35. The quantitative estimate of drug-likeness (QED) is 0.517. The van der Waals surface area contributed by atoms with Crippen molar-refractivity contribution < 1.29 is 4.84 Å². The van der Waals surface area contributed by atoms with Gasteiger partial charge >= 0.3 is 0 Å². The van der Waals surface area contributed by atoms with Crippen molar-refractivity contribution in [2.24, 2.45) is 0 Å². The largest absolute Gasteiger partial charge is 0.409 e. The molecule has 1 atom stereocenters. The van der Waals surface area contributed by atoms with Crippen molar-refractivity contribution >= 4 is 0 Å². The molecule has 1 saturated heterocycles. The Morgan fingerprint density at radius 1 is 1.80 bits per heavy atom. The molecule has 2 rings (SSSR count). The van der Waals surface area contributed by atoms with E-state index >= 15 is 0 Å². The molecular formula is C7H12N2O. The van der Waals surface area contributed by atoms with Gasteiger partial charge in [-0.3, -0.25) is 0 Å². The Labute approximate surface area is 60.6 Å². The van der Waals surface area contributed by atoms with E-state index < -0.39 is 0 Å². The maximum atomic E-state index is 5.40. The topological polar surface area (TPSA) is 24.5 Å². The molecule has 0 aliphatic carbocycles. The highest BCUT2D eigenvalue weighted by molar-refractivity contribution is 5.10. The average Bonchev–Trinajstić information content (AvgIpc) is 2.27. The fourth-order valence-electron chi connectivity index (χ4n) is 1.44. The summed E-state index contributed by atoms with van der Waals surface area (Å²) in [6, 6.07) is 0.457. The Bertz CT molecular complexity index is 167. The third-order valence-electron chi connectivity index (χ3n) is 1.92. The third-order valence-corrected chi connectivity index (χ3v) is 1.92. The molecule has 56 valence electrons. The van der Waals surface area contributed by atoms with Crippen LogP contribution in [0.2, 0.25) is 0 Å². The maximum Gasteiger partial charge on any atom is 0.138 e. The van der Waals surface area contributed by atoms with Gasteiger partial charge in [0, 0.05) is 7.05 Å². The Balaban J connectivity index is 2.13. The van der Waals surface area contributed by atoms with E-state index in [1.54, 1.807) is 0 Å². The van der Waals surface area contributed by atoms with E-state index in [9.17, 15) is 0 Å². The van der Waals surface area contributed by atoms with E-state index in [-0.39, 0.29) is 0 Å². The van der Waals surface area contributed by atoms with Crippen LogP contribution < -0.4 is 5.32 Å². The molecule has 2 aliphatic rings. The molecule has 0 aromatic heterocycles. The lowest BCUT2D eigenvalue weighted by molar-refractivity contribution is -0.0541. The van der Waals surface area contributed by atoms with Gasteiger partial charge in [0.1, 0.15) is 5.76 Å². The second-order valence-electron chi connectivity index (χ2n) is 2.80. The van der Waals surface area contributed by atoms with Crippen LogP contribution in [0, 0.1) is 0 Å². The molecule has 10 heavy (non-hydrogen) atoms. The highest BCUT2D eigenvalue weighted by atomic mass is 16.7. The van der Waals surface area contributed by atoms with Gasteiger partial charge < -0.3 is 10.2 Å². The molecule has 1 N–H and O–H groups in total. The van der Waals surface area contributed by atoms with E-state index in [1.807, 2.05) is 12.1 Å². The molecule has 0 saturated carbocycles. The van der Waals surface area contributed by atoms with Crippen LogP contribution in [0.25, 0.3) is 0 Å². The summed E-state index contributed by atoms with van der Waals surface area (Å²) in [5.74, 6) is 1.11. The van der Waals surface area contributed by atoms with Gasteiger partial charge in [-0.2, -0.15) is 0 Å². The Hall–Kier alpha value is -0.540. The fourth-order valence-corrected chi connectivity index (χ4v) is 1.44. The van der Waals surface area contributed by atoms with Gasteiger partial charge in [0.15, 0.2) is 0 Å². The summed E-state index contributed by atoms with van der Waals surface area (Å²) < 4.78 is 0. The SMILES string of the molecule is CN1CC2NCCC=C2O1. The number of fused-ring (bicyclic) bond motifs is 1. The summed E-state index contributed by atoms with van der Waals surface area (Å²) in [5.41, 5.74) is 0. The van der Waals surface area contributed by atoms with E-state index in [2.05, 4.69) is 11.4 Å². The number of nitrogens with zero attached hydrogens (tertiary/aromatic N) is 1. The van der Waals surface area contributed by atoms with Crippen LogP contribution in [-0.2, 0) is 4.84 Å². The molecule has 0 spiro atoms. The van der Waals surface area contributed by atoms with Gasteiger partial charge in [0.2, 0.25) is 0 Å². The van der Waals surface area contributed by atoms with Crippen LogP contribution in [0.4, 0.5) is 0 Å². The van der Waals surface area contributed by atoms with Crippen molar-refractivity contribution in [2.75, 3.05) is 20.1 Å². The monoisotopic (exact) mass is 140 g/mol. The Morgan fingerprint density at radius 2 is 2.70 bits per heavy atom. The molecule has 3 heteroatoms. The zero-order valence-electron chi connectivity index (χ0n) is 6.13. The van der Waals surface area contributed by atoms with Crippen LogP contribution in [0.3, 0.4) is 0 Å². The second kappa shape index (κ2) is 2.25. The smallest absolute Gasteiger partial charge is 0.138 e. The third kappa shape index (κ3) is 0.914. The van der Waals surface area contributed by atoms with Crippen LogP contribution in [0.5, 0.6) is 0 Å². The molecule has 0 aromatic carbocycles. The fraction of sp³-hybridized carbons (Fsp3) is 0.714. The predicted octanol–water partition coefficient (Wildman–Crippen LogP) is 0.109. The van der Waals surface area contributed by atoms with Crippen molar-refractivity contribution in [3.63, 3.8) is 0 Å². The predicted molar refractivity (Wildman–Crippen MR) is 38.2 cm³/mol. The van der Waals surface area contributed by atoms with E-state index in [1.165, 1.54) is 0 Å². The van der Waals surface area contributed by atoms with Gasteiger partial charge in [-0.05, 0) is 19.0 Å². The van der Waals surface area contributed by atoms with E-state index in [0.717, 1.165) is 25.3 Å². The number of nitrogens with one attached hydrogen (secondary N) is 1. The molecule has 3 nitrogen and oxygen atoms in total. The average molecular weight is 140 g/mol. The molecule has 0 aromatic rings. The summed E-state index contributed by atoms with van der Waals surface area (Å²) in [6.45, 7) is 2.07. The van der Waals surface area contributed by atoms with Crippen LogP contribution in [0.15, 0.2) is 11.8 Å². The first-order valence-corrected chi connectivity index (χ1v) is 3.69. The Kier molecular flexibility index (Phi) is 1.39. The molecule has 2 heterocycles. The summed E-state index contributed by atoms with van der Waals surface area (Å²) in [5, 5.41) is 5.25. The minimum absolute atomic E-state index is 0.457. The minimum atomic E-state index is 0.457. The van der Waals surface area contributed by atoms with Crippen molar-refractivity contribution in [1.82, 2.24) is 10.4 Å². The van der Waals surface area contributed by atoms with Gasteiger partial charge in [0.05, 0.1) is 12.6 Å². The van der Waals surface area contributed by atoms with Gasteiger partial charge in [-0.25, -0.2) is 0 Å². The number of likely N-dealkylation sites (N-methyl/N-ethyl adjacent to an activating group) is 1. The maximum absolute atomic E-state index is 5.40. The van der Waals surface area contributed by atoms with Crippen LogP contribution >= 0.6 is 0 Å². The van der Waals surface area contributed by atoms with Crippen LogP contribution in [-0.4, -0.2) is 31.2 Å². The lowest BCUT2D eigenvalue weighted by atomic mass is 10.1. The highest BCUT2D eigenvalue weighted by Crippen LogP contribution is 2.19. The molecule has 1 unspecified atom stereocenters. The summed E-state index contributed by atoms with van der Waals surface area (Å²) in [6.07, 6.45) is 3.27. The minimum Gasteiger partial charge on any atom is -0.409 e. The highest BCUT2D eigenvalue weighted by Gasteiger charge is 2.28. The molecular weight excluding hydrogens is 128 g/mol. The standard InChI is InChI=1S/C7H12N2O/c1-9-5-6-7(10-9)3-2-4-8-6/h3,6,8H,2,4-5H2,1H3. The van der Waals surface area contributed by atoms with Crippen LogP contribution in [0.1, 0.15) is 6.42 Å². The Morgan fingerprint density at radius 3 is 3.50 bits per heavy atom. The first-order valence-electron chi connectivity index (χ1n) is 3.69. The number of hydrogen-bond acceptors (Lipinski definition) is 3. The normalized spacial score (nSPS) is 32.9. The number of rotatable bonds is 0. The number of hydroxylamine groups is 2. The van der Waals surface area contributed by atoms with E-state index in [4.69, 9.17) is 4.84 Å². The van der Waals surface area contributed by atoms with Gasteiger partial charge in [0.25, 0.3) is 0 Å². The summed E-state index contributed by atoms with van der Waals surface area (Å²) in [7, 11) is 1.96. The van der Waals surface area contributed by atoms with Crippen molar-refractivity contribution in [3.05, 3.63) is 11.8 Å². The van der Waals surface area contributed by atoms with Gasteiger partial charge in [-0.15, -0.1) is 5.06 Å². The molecule has 1 fully saturated rings. The lowest BCUT2D eigenvalue weighted by Gasteiger charge is -2.14. The second-order valence-corrected chi connectivity index (χ2v) is 2.80. The van der Waals surface area contributed by atoms with Crippen molar-refractivity contribution in [1.29, 1.82) is 0 Å². The zero-order chi connectivity index (χ0) is 6.97. The van der Waals surface area contributed by atoms with Crippen molar-refractivity contribution in [3.8, 4) is 0 Å². The molecule has 2 aliphatic heterocycles. The first-order chi connectivity index (χ1) is 4.86. The molecule has 0 radical (unpaired) electrons. The molecule has 0 bridgehead atoms. The first kappa shape index (κ1) is 6.19.